The molecule has 18 heavy (non-hydrogen) atoms. The molecule has 1 aromatic heterocycles. The maximum atomic E-state index is 12.0. The van der Waals surface area contributed by atoms with Crippen molar-refractivity contribution < 1.29 is 19.1 Å². The SMILES string of the molecule is COCc1ccc(C(=O)NC2(CO)CCCC2)o1. The number of methoxy groups -OCH3 is 1. The Bertz CT molecular complexity index is 407. The predicted molar refractivity (Wildman–Crippen MR) is 65.2 cm³/mol. The fourth-order valence-electron chi connectivity index (χ4n) is 2.40. The number of nitrogens with one attached hydrogen (secondary N) is 1. The van der Waals surface area contributed by atoms with E-state index in [2.05, 4.69) is 5.32 Å². The molecule has 0 saturated heterocycles. The standard InChI is InChI=1S/C13H19NO4/c1-17-8-10-4-5-11(18-10)12(16)14-13(9-15)6-2-3-7-13/h4-5,15H,2-3,6-9H2,1H3,(H,14,16). The molecule has 2 N–H and O–H groups in total. The van der Waals surface area contributed by atoms with Gasteiger partial charge in [-0.2, -0.15) is 0 Å². The molecular formula is C13H19NO4. The number of rotatable bonds is 5. The van der Waals surface area contributed by atoms with E-state index in [0.29, 0.717) is 12.4 Å². The molecule has 1 amide bonds. The number of carbonyl (C=O) groups is 1. The second kappa shape index (κ2) is 5.54. The van der Waals surface area contributed by atoms with E-state index in [4.69, 9.17) is 9.15 Å². The van der Waals surface area contributed by atoms with Gasteiger partial charge in [-0.05, 0) is 25.0 Å². The number of amides is 1. The zero-order valence-corrected chi connectivity index (χ0v) is 10.6. The van der Waals surface area contributed by atoms with Crippen LogP contribution in [-0.4, -0.2) is 30.3 Å². The first kappa shape index (κ1) is 13.1. The average Bonchev–Trinajstić information content (AvgIpc) is 2.99. The third-order valence-electron chi connectivity index (χ3n) is 3.41. The van der Waals surface area contributed by atoms with Gasteiger partial charge in [0, 0.05) is 7.11 Å². The molecule has 0 spiro atoms. The van der Waals surface area contributed by atoms with Gasteiger partial charge in [-0.25, -0.2) is 0 Å². The normalized spacial score (nSPS) is 17.9. The molecule has 0 bridgehead atoms. The van der Waals surface area contributed by atoms with Crippen LogP contribution in [0.4, 0.5) is 0 Å². The lowest BCUT2D eigenvalue weighted by atomic mass is 9.99. The second-order valence-corrected chi connectivity index (χ2v) is 4.80. The molecule has 0 aliphatic heterocycles. The summed E-state index contributed by atoms with van der Waals surface area (Å²) in [4.78, 5) is 12.0. The molecule has 1 aliphatic carbocycles. The number of hydrogen-bond acceptors (Lipinski definition) is 4. The molecule has 1 heterocycles. The van der Waals surface area contributed by atoms with Crippen molar-refractivity contribution in [1.29, 1.82) is 0 Å². The zero-order chi connectivity index (χ0) is 13.0. The smallest absolute Gasteiger partial charge is 0.287 e. The van der Waals surface area contributed by atoms with Gasteiger partial charge in [0.1, 0.15) is 12.4 Å². The quantitative estimate of drug-likeness (QED) is 0.833. The van der Waals surface area contributed by atoms with Crippen LogP contribution in [-0.2, 0) is 11.3 Å². The van der Waals surface area contributed by atoms with Crippen LogP contribution in [0.1, 0.15) is 42.0 Å². The molecule has 1 saturated carbocycles. The first-order valence-corrected chi connectivity index (χ1v) is 6.20. The highest BCUT2D eigenvalue weighted by atomic mass is 16.5. The molecule has 100 valence electrons. The number of ether oxygens (including phenoxy) is 1. The highest BCUT2D eigenvalue weighted by molar-refractivity contribution is 5.92. The van der Waals surface area contributed by atoms with Crippen molar-refractivity contribution in [2.24, 2.45) is 0 Å². The van der Waals surface area contributed by atoms with Crippen molar-refractivity contribution in [2.75, 3.05) is 13.7 Å². The van der Waals surface area contributed by atoms with E-state index < -0.39 is 5.54 Å². The molecule has 5 heteroatoms. The first-order valence-electron chi connectivity index (χ1n) is 6.20. The summed E-state index contributed by atoms with van der Waals surface area (Å²) >= 11 is 0. The van der Waals surface area contributed by atoms with Crippen LogP contribution in [0.2, 0.25) is 0 Å². The Hall–Kier alpha value is -1.33. The van der Waals surface area contributed by atoms with E-state index >= 15 is 0 Å². The fourth-order valence-corrected chi connectivity index (χ4v) is 2.40. The van der Waals surface area contributed by atoms with Crippen molar-refractivity contribution in [2.45, 2.75) is 37.8 Å². The van der Waals surface area contributed by atoms with Crippen LogP contribution >= 0.6 is 0 Å². The number of aliphatic hydroxyl groups is 1. The lowest BCUT2D eigenvalue weighted by Crippen LogP contribution is -2.49. The van der Waals surface area contributed by atoms with Crippen molar-refractivity contribution in [3.05, 3.63) is 23.7 Å². The van der Waals surface area contributed by atoms with Crippen LogP contribution in [0.3, 0.4) is 0 Å². The molecule has 0 unspecified atom stereocenters. The third kappa shape index (κ3) is 2.73. The molecule has 0 radical (unpaired) electrons. The number of carbonyl (C=O) groups excluding carboxylic acids is 1. The summed E-state index contributed by atoms with van der Waals surface area (Å²) < 4.78 is 10.3. The first-order chi connectivity index (χ1) is 8.69. The summed E-state index contributed by atoms with van der Waals surface area (Å²) in [6.45, 7) is 0.322. The predicted octanol–water partition coefficient (Wildman–Crippen LogP) is 1.46. The van der Waals surface area contributed by atoms with Gasteiger partial charge in [0.15, 0.2) is 5.76 Å². The highest BCUT2D eigenvalue weighted by Crippen LogP contribution is 2.29. The average molecular weight is 253 g/mol. The summed E-state index contributed by atoms with van der Waals surface area (Å²) in [5.41, 5.74) is -0.467. The molecule has 1 aliphatic rings. The number of furan rings is 1. The van der Waals surface area contributed by atoms with Gasteiger partial charge in [-0.1, -0.05) is 12.8 Å². The van der Waals surface area contributed by atoms with Crippen molar-refractivity contribution in [3.8, 4) is 0 Å². The van der Waals surface area contributed by atoms with Crippen molar-refractivity contribution >= 4 is 5.91 Å². The Morgan fingerprint density at radius 3 is 2.83 bits per heavy atom. The van der Waals surface area contributed by atoms with Crippen molar-refractivity contribution in [1.82, 2.24) is 5.32 Å². The lowest BCUT2D eigenvalue weighted by Gasteiger charge is -2.27. The van der Waals surface area contributed by atoms with Gasteiger partial charge >= 0.3 is 0 Å². The molecule has 1 aromatic rings. The lowest BCUT2D eigenvalue weighted by molar-refractivity contribution is 0.0803. The van der Waals surface area contributed by atoms with Gasteiger partial charge in [0.25, 0.3) is 5.91 Å². The largest absolute Gasteiger partial charge is 0.453 e. The van der Waals surface area contributed by atoms with E-state index in [0.717, 1.165) is 25.7 Å². The van der Waals surface area contributed by atoms with E-state index in [1.807, 2.05) is 0 Å². The summed E-state index contributed by atoms with van der Waals surface area (Å²) in [7, 11) is 1.57. The summed E-state index contributed by atoms with van der Waals surface area (Å²) in [6.07, 6.45) is 3.71. The molecule has 2 rings (SSSR count). The Labute approximate surface area is 106 Å². The topological polar surface area (TPSA) is 71.7 Å². The van der Waals surface area contributed by atoms with E-state index in [9.17, 15) is 9.90 Å². The highest BCUT2D eigenvalue weighted by Gasteiger charge is 2.35. The molecule has 0 atom stereocenters. The van der Waals surface area contributed by atoms with Crippen LogP contribution in [0, 0.1) is 0 Å². The monoisotopic (exact) mass is 253 g/mol. The Morgan fingerprint density at radius 1 is 1.50 bits per heavy atom. The minimum Gasteiger partial charge on any atom is -0.453 e. The maximum Gasteiger partial charge on any atom is 0.287 e. The van der Waals surface area contributed by atoms with Crippen molar-refractivity contribution in [3.63, 3.8) is 0 Å². The summed E-state index contributed by atoms with van der Waals surface area (Å²) in [5, 5.41) is 12.3. The third-order valence-corrected chi connectivity index (χ3v) is 3.41. The molecule has 5 nitrogen and oxygen atoms in total. The molecule has 0 aromatic carbocycles. The van der Waals surface area contributed by atoms with Crippen LogP contribution in [0.15, 0.2) is 16.5 Å². The molecule has 1 fully saturated rings. The van der Waals surface area contributed by atoms with Gasteiger partial charge < -0.3 is 19.6 Å². The van der Waals surface area contributed by atoms with E-state index in [-0.39, 0.29) is 18.3 Å². The van der Waals surface area contributed by atoms with Crippen LogP contribution < -0.4 is 5.32 Å². The number of hydrogen-bond donors (Lipinski definition) is 2. The molecular weight excluding hydrogens is 234 g/mol. The summed E-state index contributed by atoms with van der Waals surface area (Å²) in [6, 6.07) is 3.35. The Morgan fingerprint density at radius 2 is 2.22 bits per heavy atom. The van der Waals surface area contributed by atoms with E-state index in [1.165, 1.54) is 0 Å². The van der Waals surface area contributed by atoms with Gasteiger partial charge in [-0.15, -0.1) is 0 Å². The Balaban J connectivity index is 2.02. The van der Waals surface area contributed by atoms with Gasteiger partial charge in [-0.3, -0.25) is 4.79 Å². The minimum absolute atomic E-state index is 0.0234. The number of aliphatic hydroxyl groups excluding tert-OH is 1. The van der Waals surface area contributed by atoms with E-state index in [1.54, 1.807) is 19.2 Å². The second-order valence-electron chi connectivity index (χ2n) is 4.80. The minimum atomic E-state index is -0.467. The van der Waals surface area contributed by atoms with Gasteiger partial charge in [0.05, 0.1) is 12.1 Å². The zero-order valence-electron chi connectivity index (χ0n) is 10.6. The maximum absolute atomic E-state index is 12.0. The van der Waals surface area contributed by atoms with Crippen LogP contribution in [0.5, 0.6) is 0 Å². The Kier molecular flexibility index (Phi) is 4.04. The van der Waals surface area contributed by atoms with Gasteiger partial charge in [0.2, 0.25) is 0 Å². The summed E-state index contributed by atoms with van der Waals surface area (Å²) in [5.74, 6) is 0.613. The fraction of sp³-hybridized carbons (Fsp3) is 0.615. The van der Waals surface area contributed by atoms with Crippen LogP contribution in [0.25, 0.3) is 0 Å².